The highest BCUT2D eigenvalue weighted by atomic mass is 16.5. The molecule has 3 fully saturated rings. The molecule has 19 heavy (non-hydrogen) atoms. The van der Waals surface area contributed by atoms with Gasteiger partial charge in [-0.25, -0.2) is 0 Å². The van der Waals surface area contributed by atoms with Crippen LogP contribution in [0.2, 0.25) is 0 Å². The Hall–Kier alpha value is -0.610. The highest BCUT2D eigenvalue weighted by molar-refractivity contribution is 5.85. The molecule has 3 aliphatic rings. The van der Waals surface area contributed by atoms with Crippen LogP contribution in [0.4, 0.5) is 0 Å². The third-order valence-electron chi connectivity index (χ3n) is 5.26. The van der Waals surface area contributed by atoms with Crippen LogP contribution in [0.15, 0.2) is 0 Å². The fourth-order valence-corrected chi connectivity index (χ4v) is 3.93. The van der Waals surface area contributed by atoms with Crippen LogP contribution in [0.5, 0.6) is 0 Å². The van der Waals surface area contributed by atoms with Crippen molar-refractivity contribution in [3.8, 4) is 0 Å². The second-order valence-electron chi connectivity index (χ2n) is 6.38. The molecule has 4 nitrogen and oxygen atoms in total. The van der Waals surface area contributed by atoms with Crippen LogP contribution in [0.25, 0.3) is 0 Å². The molecule has 3 saturated heterocycles. The number of ether oxygens (including phenoxy) is 1. The molecular formula is C15H26N2O2. The summed E-state index contributed by atoms with van der Waals surface area (Å²) in [5, 5.41) is 3.55. The lowest BCUT2D eigenvalue weighted by molar-refractivity contribution is -0.134. The normalized spacial score (nSPS) is 43.2. The van der Waals surface area contributed by atoms with Crippen molar-refractivity contribution in [2.75, 3.05) is 0 Å². The van der Waals surface area contributed by atoms with Gasteiger partial charge in [-0.3, -0.25) is 10.1 Å². The summed E-state index contributed by atoms with van der Waals surface area (Å²) in [6, 6.07) is 0.326. The number of nitrogens with zero attached hydrogens (tertiary/aromatic N) is 1. The van der Waals surface area contributed by atoms with Crippen LogP contribution in [-0.2, 0) is 9.53 Å². The zero-order valence-electron chi connectivity index (χ0n) is 12.3. The first-order chi connectivity index (χ1) is 9.15. The third kappa shape index (κ3) is 2.09. The van der Waals surface area contributed by atoms with E-state index in [9.17, 15) is 4.79 Å². The fraction of sp³-hybridized carbons (Fsp3) is 0.933. The van der Waals surface area contributed by atoms with E-state index in [0.29, 0.717) is 30.1 Å². The van der Waals surface area contributed by atoms with Crippen molar-refractivity contribution in [1.29, 1.82) is 0 Å². The van der Waals surface area contributed by atoms with Gasteiger partial charge in [-0.2, -0.15) is 0 Å². The average Bonchev–Trinajstić information content (AvgIpc) is 3.10. The van der Waals surface area contributed by atoms with Gasteiger partial charge in [0.1, 0.15) is 0 Å². The lowest BCUT2D eigenvalue weighted by atomic mass is 9.93. The van der Waals surface area contributed by atoms with Crippen molar-refractivity contribution in [2.45, 2.75) is 83.3 Å². The standard InChI is InChI=1S/C15H26N2O2/c1-4-9(3)14-15(18)17(13(5-2)16-14)11-8-10-6-7-12(11)19-10/h9-14,16H,4-8H2,1-3H3. The van der Waals surface area contributed by atoms with E-state index in [2.05, 4.69) is 31.0 Å². The van der Waals surface area contributed by atoms with Gasteiger partial charge in [-0.1, -0.05) is 27.2 Å². The predicted molar refractivity (Wildman–Crippen MR) is 73.6 cm³/mol. The molecule has 0 spiro atoms. The number of hydrogen-bond donors (Lipinski definition) is 1. The van der Waals surface area contributed by atoms with Gasteiger partial charge < -0.3 is 9.64 Å². The topological polar surface area (TPSA) is 41.6 Å². The maximum Gasteiger partial charge on any atom is 0.241 e. The molecular weight excluding hydrogens is 240 g/mol. The number of carbonyl (C=O) groups excluding carboxylic acids is 1. The maximum atomic E-state index is 12.7. The van der Waals surface area contributed by atoms with Gasteiger partial charge in [-0.15, -0.1) is 0 Å². The first-order valence-corrected chi connectivity index (χ1v) is 7.89. The van der Waals surface area contributed by atoms with Crippen molar-refractivity contribution >= 4 is 5.91 Å². The lowest BCUT2D eigenvalue weighted by Crippen LogP contribution is -2.48. The van der Waals surface area contributed by atoms with E-state index in [0.717, 1.165) is 25.7 Å². The summed E-state index contributed by atoms with van der Waals surface area (Å²) in [4.78, 5) is 14.9. The molecule has 3 rings (SSSR count). The molecule has 108 valence electrons. The molecule has 0 aromatic carbocycles. The minimum Gasteiger partial charge on any atom is -0.373 e. The summed E-state index contributed by atoms with van der Waals surface area (Å²) in [6.07, 6.45) is 6.28. The van der Waals surface area contributed by atoms with Gasteiger partial charge >= 0.3 is 0 Å². The van der Waals surface area contributed by atoms with E-state index in [4.69, 9.17) is 4.74 Å². The number of rotatable bonds is 4. The van der Waals surface area contributed by atoms with E-state index in [-0.39, 0.29) is 12.2 Å². The highest BCUT2D eigenvalue weighted by Gasteiger charge is 2.51. The number of carbonyl (C=O) groups is 1. The molecule has 6 atom stereocenters. The van der Waals surface area contributed by atoms with E-state index in [1.807, 2.05) is 0 Å². The van der Waals surface area contributed by atoms with Crippen LogP contribution >= 0.6 is 0 Å². The second-order valence-corrected chi connectivity index (χ2v) is 6.38. The summed E-state index contributed by atoms with van der Waals surface area (Å²) in [5.41, 5.74) is 0. The largest absolute Gasteiger partial charge is 0.373 e. The van der Waals surface area contributed by atoms with Gasteiger partial charge in [0, 0.05) is 0 Å². The Morgan fingerprint density at radius 2 is 2.21 bits per heavy atom. The molecule has 1 N–H and O–H groups in total. The zero-order valence-corrected chi connectivity index (χ0v) is 12.3. The van der Waals surface area contributed by atoms with Gasteiger partial charge in [0.2, 0.25) is 5.91 Å². The summed E-state index contributed by atoms with van der Waals surface area (Å²) in [7, 11) is 0. The van der Waals surface area contributed by atoms with Gasteiger partial charge in [-0.05, 0) is 31.6 Å². The zero-order chi connectivity index (χ0) is 13.6. The molecule has 0 radical (unpaired) electrons. The van der Waals surface area contributed by atoms with E-state index < -0.39 is 0 Å². The quantitative estimate of drug-likeness (QED) is 0.845. The molecule has 1 amide bonds. The maximum absolute atomic E-state index is 12.7. The Kier molecular flexibility index (Phi) is 3.56. The van der Waals surface area contributed by atoms with Gasteiger partial charge in [0.05, 0.1) is 30.5 Å². The van der Waals surface area contributed by atoms with Crippen LogP contribution in [0.3, 0.4) is 0 Å². The summed E-state index contributed by atoms with van der Waals surface area (Å²) in [6.45, 7) is 6.48. The molecule has 4 heteroatoms. The monoisotopic (exact) mass is 266 g/mol. The van der Waals surface area contributed by atoms with Crippen molar-refractivity contribution in [1.82, 2.24) is 10.2 Å². The Labute approximate surface area is 115 Å². The Balaban J connectivity index is 1.77. The number of fused-ring (bicyclic) bond motifs is 2. The Morgan fingerprint density at radius 1 is 1.42 bits per heavy atom. The van der Waals surface area contributed by atoms with Crippen LogP contribution in [0.1, 0.15) is 52.9 Å². The van der Waals surface area contributed by atoms with E-state index >= 15 is 0 Å². The predicted octanol–water partition coefficient (Wildman–Crippen LogP) is 1.89. The van der Waals surface area contributed by atoms with Crippen molar-refractivity contribution in [3.63, 3.8) is 0 Å². The lowest BCUT2D eigenvalue weighted by Gasteiger charge is -2.33. The molecule has 6 unspecified atom stereocenters. The smallest absolute Gasteiger partial charge is 0.241 e. The molecule has 3 heterocycles. The van der Waals surface area contributed by atoms with Crippen molar-refractivity contribution < 1.29 is 9.53 Å². The Morgan fingerprint density at radius 3 is 2.74 bits per heavy atom. The second kappa shape index (κ2) is 5.06. The summed E-state index contributed by atoms with van der Waals surface area (Å²) in [5.74, 6) is 0.716. The minimum absolute atomic E-state index is 0.00840. The minimum atomic E-state index is 0.00840. The van der Waals surface area contributed by atoms with Crippen molar-refractivity contribution in [3.05, 3.63) is 0 Å². The first kappa shape index (κ1) is 13.4. The number of hydrogen-bond acceptors (Lipinski definition) is 3. The molecule has 0 aromatic heterocycles. The molecule has 3 aliphatic heterocycles. The average molecular weight is 266 g/mol. The van der Waals surface area contributed by atoms with Crippen molar-refractivity contribution in [2.24, 2.45) is 5.92 Å². The van der Waals surface area contributed by atoms with E-state index in [1.165, 1.54) is 6.42 Å². The number of nitrogens with one attached hydrogen (secondary N) is 1. The fourth-order valence-electron chi connectivity index (χ4n) is 3.93. The molecule has 0 aromatic rings. The molecule has 2 bridgehead atoms. The highest BCUT2D eigenvalue weighted by Crippen LogP contribution is 2.39. The SMILES string of the molecule is CCC(C)C1NC(CC)N(C2CC3CCC2O3)C1=O. The Bertz CT molecular complexity index is 360. The number of amides is 1. The van der Waals surface area contributed by atoms with Gasteiger partial charge in [0.25, 0.3) is 0 Å². The van der Waals surface area contributed by atoms with Crippen LogP contribution in [0, 0.1) is 5.92 Å². The van der Waals surface area contributed by atoms with E-state index in [1.54, 1.807) is 0 Å². The molecule has 0 saturated carbocycles. The third-order valence-corrected chi connectivity index (χ3v) is 5.26. The van der Waals surface area contributed by atoms with Crippen LogP contribution < -0.4 is 5.32 Å². The summed E-state index contributed by atoms with van der Waals surface area (Å²) >= 11 is 0. The van der Waals surface area contributed by atoms with Gasteiger partial charge in [0.15, 0.2) is 0 Å². The molecule has 0 aliphatic carbocycles. The van der Waals surface area contributed by atoms with Crippen LogP contribution in [-0.4, -0.2) is 41.3 Å². The first-order valence-electron chi connectivity index (χ1n) is 7.89. The summed E-state index contributed by atoms with van der Waals surface area (Å²) < 4.78 is 5.94.